The molecule has 2 rings (SSSR count). The van der Waals surface area contributed by atoms with Crippen molar-refractivity contribution < 1.29 is 10.0 Å². The largest absolute Gasteiger partial charge is 0.395 e. The molecule has 0 atom stereocenters. The first-order valence-corrected chi connectivity index (χ1v) is 5.21. The molecule has 1 aliphatic carbocycles. The van der Waals surface area contributed by atoms with Gasteiger partial charge in [0.2, 0.25) is 5.82 Å². The SMILES string of the molecule is O=[N+]([O-])c1cccnc1N(CCO)C1CC1. The molecule has 6 heteroatoms. The standard InChI is InChI=1S/C10H13N3O3/c14-7-6-12(8-3-4-8)10-9(13(15)16)2-1-5-11-10/h1-2,5,8,14H,3-4,6-7H2. The van der Waals surface area contributed by atoms with Crippen LogP contribution in [0.1, 0.15) is 12.8 Å². The number of nitro groups is 1. The minimum absolute atomic E-state index is 0.00264. The molecule has 6 nitrogen and oxygen atoms in total. The summed E-state index contributed by atoms with van der Waals surface area (Å²) in [7, 11) is 0. The molecule has 0 amide bonds. The molecule has 0 unspecified atom stereocenters. The van der Waals surface area contributed by atoms with Crippen molar-refractivity contribution in [3.05, 3.63) is 28.4 Å². The van der Waals surface area contributed by atoms with Crippen molar-refractivity contribution in [1.82, 2.24) is 4.98 Å². The van der Waals surface area contributed by atoms with E-state index >= 15 is 0 Å². The third-order valence-corrected chi connectivity index (χ3v) is 2.56. The molecule has 1 aromatic rings. The van der Waals surface area contributed by atoms with E-state index in [1.807, 2.05) is 4.90 Å². The number of pyridine rings is 1. The van der Waals surface area contributed by atoms with Gasteiger partial charge in [0.25, 0.3) is 0 Å². The third kappa shape index (κ3) is 2.11. The molecule has 0 aliphatic heterocycles. The van der Waals surface area contributed by atoms with E-state index < -0.39 is 4.92 Å². The van der Waals surface area contributed by atoms with Gasteiger partial charge in [-0.05, 0) is 18.9 Å². The maximum absolute atomic E-state index is 10.8. The summed E-state index contributed by atoms with van der Waals surface area (Å²) in [6.07, 6.45) is 3.55. The maximum Gasteiger partial charge on any atom is 0.311 e. The molecule has 0 aromatic carbocycles. The Balaban J connectivity index is 2.32. The van der Waals surface area contributed by atoms with Crippen LogP contribution >= 0.6 is 0 Å². The van der Waals surface area contributed by atoms with E-state index in [2.05, 4.69) is 4.98 Å². The fourth-order valence-electron chi connectivity index (χ4n) is 1.71. The quantitative estimate of drug-likeness (QED) is 0.593. The van der Waals surface area contributed by atoms with Gasteiger partial charge in [0.1, 0.15) is 0 Å². The van der Waals surface area contributed by atoms with E-state index in [0.717, 1.165) is 12.8 Å². The van der Waals surface area contributed by atoms with Crippen LogP contribution in [0, 0.1) is 10.1 Å². The first-order chi connectivity index (χ1) is 7.74. The Hall–Kier alpha value is -1.69. The summed E-state index contributed by atoms with van der Waals surface area (Å²) < 4.78 is 0. The molecule has 1 fully saturated rings. The van der Waals surface area contributed by atoms with Crippen LogP contribution in [0.15, 0.2) is 18.3 Å². The van der Waals surface area contributed by atoms with Crippen molar-refractivity contribution >= 4 is 11.5 Å². The number of anilines is 1. The molecule has 0 saturated heterocycles. The number of hydrogen-bond acceptors (Lipinski definition) is 5. The van der Waals surface area contributed by atoms with Gasteiger partial charge in [-0.2, -0.15) is 0 Å². The molecule has 1 N–H and O–H groups in total. The van der Waals surface area contributed by atoms with Gasteiger partial charge >= 0.3 is 5.69 Å². The van der Waals surface area contributed by atoms with Gasteiger partial charge in [0.05, 0.1) is 11.5 Å². The summed E-state index contributed by atoms with van der Waals surface area (Å²) in [5, 5.41) is 19.8. The Morgan fingerprint density at radius 1 is 1.62 bits per heavy atom. The van der Waals surface area contributed by atoms with Gasteiger partial charge in [-0.3, -0.25) is 10.1 Å². The molecule has 0 spiro atoms. The number of aromatic nitrogens is 1. The van der Waals surface area contributed by atoms with Crippen molar-refractivity contribution in [2.24, 2.45) is 0 Å². The topological polar surface area (TPSA) is 79.5 Å². The second-order valence-electron chi connectivity index (χ2n) is 3.75. The zero-order chi connectivity index (χ0) is 11.5. The Bertz CT molecular complexity index is 393. The highest BCUT2D eigenvalue weighted by Crippen LogP contribution is 2.34. The molecule has 86 valence electrons. The number of rotatable bonds is 5. The number of aliphatic hydroxyl groups is 1. The van der Waals surface area contributed by atoms with Crippen LogP contribution in [0.5, 0.6) is 0 Å². The monoisotopic (exact) mass is 223 g/mol. The summed E-state index contributed by atoms with van der Waals surface area (Å²) in [5.41, 5.74) is 0.00264. The van der Waals surface area contributed by atoms with Crippen molar-refractivity contribution in [1.29, 1.82) is 0 Å². The molecule has 1 saturated carbocycles. The lowest BCUT2D eigenvalue weighted by atomic mass is 10.3. The number of aliphatic hydroxyl groups excluding tert-OH is 1. The van der Waals surface area contributed by atoms with E-state index in [9.17, 15) is 10.1 Å². The lowest BCUT2D eigenvalue weighted by Crippen LogP contribution is -2.30. The fraction of sp³-hybridized carbons (Fsp3) is 0.500. The predicted molar refractivity (Wildman–Crippen MR) is 58.3 cm³/mol. The Morgan fingerprint density at radius 2 is 2.38 bits per heavy atom. The van der Waals surface area contributed by atoms with Crippen molar-refractivity contribution in [3.63, 3.8) is 0 Å². The second-order valence-corrected chi connectivity index (χ2v) is 3.75. The molecule has 0 bridgehead atoms. The number of hydrogen-bond donors (Lipinski definition) is 1. The van der Waals surface area contributed by atoms with Crippen molar-refractivity contribution in [3.8, 4) is 0 Å². The molecule has 1 heterocycles. The van der Waals surface area contributed by atoms with E-state index in [1.54, 1.807) is 6.07 Å². The summed E-state index contributed by atoms with van der Waals surface area (Å²) in [6.45, 7) is 0.368. The van der Waals surface area contributed by atoms with Gasteiger partial charge in [0.15, 0.2) is 0 Å². The van der Waals surface area contributed by atoms with Crippen LogP contribution in [-0.4, -0.2) is 34.2 Å². The Labute approximate surface area is 92.7 Å². The highest BCUT2D eigenvalue weighted by Gasteiger charge is 2.33. The van der Waals surface area contributed by atoms with Crippen LogP contribution < -0.4 is 4.90 Å². The normalized spacial score (nSPS) is 14.8. The van der Waals surface area contributed by atoms with E-state index in [1.165, 1.54) is 12.3 Å². The zero-order valence-corrected chi connectivity index (χ0v) is 8.74. The number of nitrogens with zero attached hydrogens (tertiary/aromatic N) is 3. The second kappa shape index (κ2) is 4.44. The zero-order valence-electron chi connectivity index (χ0n) is 8.74. The summed E-state index contributed by atoms with van der Waals surface area (Å²) in [6, 6.07) is 3.28. The van der Waals surface area contributed by atoms with Gasteiger partial charge in [-0.25, -0.2) is 4.98 Å². The van der Waals surface area contributed by atoms with Crippen LogP contribution in [0.4, 0.5) is 11.5 Å². The molecular formula is C10H13N3O3. The predicted octanol–water partition coefficient (Wildman–Crippen LogP) is 0.951. The smallest absolute Gasteiger partial charge is 0.311 e. The average Bonchev–Trinajstić information content (AvgIpc) is 3.10. The molecule has 0 radical (unpaired) electrons. The van der Waals surface area contributed by atoms with Crippen LogP contribution in [0.25, 0.3) is 0 Å². The van der Waals surface area contributed by atoms with E-state index in [4.69, 9.17) is 5.11 Å². The summed E-state index contributed by atoms with van der Waals surface area (Å²) in [4.78, 5) is 16.3. The van der Waals surface area contributed by atoms with Crippen LogP contribution in [0.2, 0.25) is 0 Å². The minimum atomic E-state index is -0.435. The minimum Gasteiger partial charge on any atom is -0.395 e. The first kappa shape index (κ1) is 10.8. The highest BCUT2D eigenvalue weighted by atomic mass is 16.6. The average molecular weight is 223 g/mol. The summed E-state index contributed by atoms with van der Waals surface area (Å²) in [5.74, 6) is 0.365. The van der Waals surface area contributed by atoms with Crippen molar-refractivity contribution in [2.45, 2.75) is 18.9 Å². The molecule has 1 aromatic heterocycles. The summed E-state index contributed by atoms with van der Waals surface area (Å²) >= 11 is 0. The van der Waals surface area contributed by atoms with Crippen molar-refractivity contribution in [2.75, 3.05) is 18.1 Å². The Morgan fingerprint density at radius 3 is 2.94 bits per heavy atom. The van der Waals surface area contributed by atoms with Gasteiger partial charge < -0.3 is 10.0 Å². The van der Waals surface area contributed by atoms with Gasteiger partial charge in [-0.1, -0.05) is 0 Å². The van der Waals surface area contributed by atoms with Gasteiger partial charge in [-0.15, -0.1) is 0 Å². The lowest BCUT2D eigenvalue weighted by Gasteiger charge is -2.21. The molecule has 16 heavy (non-hydrogen) atoms. The van der Waals surface area contributed by atoms with Crippen LogP contribution in [0.3, 0.4) is 0 Å². The van der Waals surface area contributed by atoms with Crippen LogP contribution in [-0.2, 0) is 0 Å². The third-order valence-electron chi connectivity index (χ3n) is 2.56. The van der Waals surface area contributed by atoms with E-state index in [-0.39, 0.29) is 12.3 Å². The molecule has 1 aliphatic rings. The van der Waals surface area contributed by atoms with Gasteiger partial charge in [0, 0.05) is 24.8 Å². The van der Waals surface area contributed by atoms with E-state index in [0.29, 0.717) is 18.4 Å². The maximum atomic E-state index is 10.8. The fourth-order valence-corrected chi connectivity index (χ4v) is 1.71. The lowest BCUT2D eigenvalue weighted by molar-refractivity contribution is -0.384. The highest BCUT2D eigenvalue weighted by molar-refractivity contribution is 5.58. The first-order valence-electron chi connectivity index (χ1n) is 5.21. The molecular weight excluding hydrogens is 210 g/mol. The Kier molecular flexibility index (Phi) is 3.00.